The van der Waals surface area contributed by atoms with Crippen molar-refractivity contribution in [2.45, 2.75) is 0 Å². The zero-order valence-corrected chi connectivity index (χ0v) is 25.7. The number of fused-ring (bicyclic) bond motifs is 8. The molecule has 10 rings (SSSR count). The molecule has 0 saturated heterocycles. The maximum atomic E-state index is 5.17. The Balaban J connectivity index is 1.37. The van der Waals surface area contributed by atoms with Crippen molar-refractivity contribution in [3.05, 3.63) is 158 Å². The van der Waals surface area contributed by atoms with Gasteiger partial charge in [-0.05, 0) is 29.7 Å². The van der Waals surface area contributed by atoms with Gasteiger partial charge < -0.3 is 4.57 Å². The van der Waals surface area contributed by atoms with Crippen molar-refractivity contribution < 1.29 is 0 Å². The molecule has 0 spiro atoms. The second-order valence-corrected chi connectivity index (χ2v) is 11.9. The minimum absolute atomic E-state index is 0.536. The van der Waals surface area contributed by atoms with E-state index in [4.69, 9.17) is 19.9 Å². The van der Waals surface area contributed by atoms with E-state index in [9.17, 15) is 0 Å². The van der Waals surface area contributed by atoms with Crippen molar-refractivity contribution in [3.8, 4) is 34.4 Å². The molecule has 4 aromatic heterocycles. The Hall–Kier alpha value is -6.66. The van der Waals surface area contributed by atoms with Gasteiger partial charge in [0.1, 0.15) is 0 Å². The van der Waals surface area contributed by atoms with Crippen molar-refractivity contribution in [3.63, 3.8) is 0 Å². The van der Waals surface area contributed by atoms with Crippen molar-refractivity contribution >= 4 is 54.5 Å². The third-order valence-electron chi connectivity index (χ3n) is 9.21. The number of pyridine rings is 1. The van der Waals surface area contributed by atoms with Crippen molar-refractivity contribution in [1.82, 2.24) is 29.1 Å². The summed E-state index contributed by atoms with van der Waals surface area (Å²) in [6, 6.07) is 52.5. The molecule has 0 aliphatic carbocycles. The molecule has 6 aromatic carbocycles. The molecule has 6 nitrogen and oxygen atoms in total. The maximum Gasteiger partial charge on any atom is 0.238 e. The van der Waals surface area contributed by atoms with Crippen LogP contribution in [0.15, 0.2) is 158 Å². The average molecular weight is 615 g/mol. The molecule has 10 aromatic rings. The minimum Gasteiger partial charge on any atom is -0.306 e. The molecule has 0 amide bonds. The van der Waals surface area contributed by atoms with Crippen molar-refractivity contribution in [1.29, 1.82) is 0 Å². The Kier molecular flexibility index (Phi) is 5.77. The lowest BCUT2D eigenvalue weighted by atomic mass is 10.1. The molecule has 0 saturated carbocycles. The first kappa shape index (κ1) is 26.5. The molecule has 224 valence electrons. The number of hydrogen-bond acceptors (Lipinski definition) is 4. The van der Waals surface area contributed by atoms with E-state index < -0.39 is 0 Å². The normalized spacial score (nSPS) is 11.8. The molecule has 48 heavy (non-hydrogen) atoms. The topological polar surface area (TPSA) is 61.4 Å². The first-order chi connectivity index (χ1) is 23.8. The van der Waals surface area contributed by atoms with Gasteiger partial charge >= 0.3 is 0 Å². The fourth-order valence-electron chi connectivity index (χ4n) is 7.13. The summed E-state index contributed by atoms with van der Waals surface area (Å²) < 4.78 is 4.57. The van der Waals surface area contributed by atoms with Crippen LogP contribution < -0.4 is 0 Å². The van der Waals surface area contributed by atoms with E-state index >= 15 is 0 Å². The summed E-state index contributed by atoms with van der Waals surface area (Å²) in [6.45, 7) is 0. The zero-order chi connectivity index (χ0) is 31.6. The SMILES string of the molecule is c1ccc(-c2nc(-c3ccccc3)nc(-n3c4cccnc4c4cccc(-n5c6ccccc6c6ccc7ccccc7c65)c43)n2)cc1. The number of para-hydroxylation sites is 2. The largest absolute Gasteiger partial charge is 0.306 e. The van der Waals surface area contributed by atoms with Crippen LogP contribution in [0.3, 0.4) is 0 Å². The van der Waals surface area contributed by atoms with Crippen LogP contribution in [0.2, 0.25) is 0 Å². The van der Waals surface area contributed by atoms with Crippen LogP contribution in [0, 0.1) is 0 Å². The van der Waals surface area contributed by atoms with Crippen LogP contribution in [-0.4, -0.2) is 29.1 Å². The lowest BCUT2D eigenvalue weighted by molar-refractivity contribution is 0.949. The third kappa shape index (κ3) is 3.93. The molecule has 0 bridgehead atoms. The molecule has 6 heteroatoms. The lowest BCUT2D eigenvalue weighted by Crippen LogP contribution is -2.08. The summed E-state index contributed by atoms with van der Waals surface area (Å²) in [5.74, 6) is 1.76. The number of rotatable bonds is 4. The monoisotopic (exact) mass is 614 g/mol. The molecule has 0 N–H and O–H groups in total. The molecule has 0 aliphatic rings. The summed E-state index contributed by atoms with van der Waals surface area (Å²) in [6.07, 6.45) is 1.85. The summed E-state index contributed by atoms with van der Waals surface area (Å²) in [4.78, 5) is 20.2. The number of benzene rings is 6. The highest BCUT2D eigenvalue weighted by molar-refractivity contribution is 6.20. The Labute approximate surface area is 275 Å². The smallest absolute Gasteiger partial charge is 0.238 e. The predicted molar refractivity (Wildman–Crippen MR) is 195 cm³/mol. The van der Waals surface area contributed by atoms with Crippen LogP contribution in [0.4, 0.5) is 0 Å². The van der Waals surface area contributed by atoms with Gasteiger partial charge in [0.05, 0.1) is 33.3 Å². The van der Waals surface area contributed by atoms with E-state index in [1.165, 1.54) is 21.5 Å². The molecule has 0 unspecified atom stereocenters. The average Bonchev–Trinajstić information content (AvgIpc) is 3.69. The summed E-state index contributed by atoms with van der Waals surface area (Å²) >= 11 is 0. The molecular formula is C42H26N6. The first-order valence-electron chi connectivity index (χ1n) is 16.0. The summed E-state index contributed by atoms with van der Waals surface area (Å²) in [7, 11) is 0. The Morgan fingerprint density at radius 1 is 0.396 bits per heavy atom. The highest BCUT2D eigenvalue weighted by atomic mass is 15.2. The molecule has 0 atom stereocenters. The van der Waals surface area contributed by atoms with Crippen LogP contribution in [0.5, 0.6) is 0 Å². The highest BCUT2D eigenvalue weighted by Gasteiger charge is 2.23. The number of aromatic nitrogens is 6. The first-order valence-corrected chi connectivity index (χ1v) is 16.0. The van der Waals surface area contributed by atoms with Crippen molar-refractivity contribution in [2.75, 3.05) is 0 Å². The minimum atomic E-state index is 0.536. The van der Waals surface area contributed by atoms with E-state index in [0.717, 1.165) is 49.8 Å². The second-order valence-electron chi connectivity index (χ2n) is 11.9. The van der Waals surface area contributed by atoms with E-state index in [1.807, 2.05) is 72.9 Å². The Morgan fingerprint density at radius 2 is 1.04 bits per heavy atom. The van der Waals surface area contributed by atoms with Crippen LogP contribution in [0.1, 0.15) is 0 Å². The van der Waals surface area contributed by atoms with E-state index in [2.05, 4.69) is 94.1 Å². The number of nitrogens with zero attached hydrogens (tertiary/aromatic N) is 6. The Bertz CT molecular complexity index is 2780. The standard InChI is InChI=1S/C42H26N6/c1-3-14-28(15-4-1)40-44-41(29-16-5-2-6-17-29)46-42(45-40)48-35-23-12-26-43-37(35)33-20-11-22-36(39(33)48)47-34-21-10-9-19-31(34)32-25-24-27-13-7-8-18-30(27)38(32)47/h1-26H. The molecule has 0 radical (unpaired) electrons. The van der Waals surface area contributed by atoms with Gasteiger partial charge in [0.2, 0.25) is 5.95 Å². The van der Waals surface area contributed by atoms with E-state index in [1.54, 1.807) is 0 Å². The van der Waals surface area contributed by atoms with Gasteiger partial charge in [-0.3, -0.25) is 9.55 Å². The molecule has 0 fully saturated rings. The third-order valence-corrected chi connectivity index (χ3v) is 9.21. The molecular weight excluding hydrogens is 589 g/mol. The van der Waals surface area contributed by atoms with Gasteiger partial charge in [-0.1, -0.05) is 127 Å². The van der Waals surface area contributed by atoms with Crippen LogP contribution >= 0.6 is 0 Å². The molecule has 0 aliphatic heterocycles. The fraction of sp³-hybridized carbons (Fsp3) is 0. The summed E-state index contributed by atoms with van der Waals surface area (Å²) in [5.41, 5.74) is 7.96. The predicted octanol–water partition coefficient (Wildman–Crippen LogP) is 9.95. The lowest BCUT2D eigenvalue weighted by Gasteiger charge is -2.15. The maximum absolute atomic E-state index is 5.17. The van der Waals surface area contributed by atoms with Gasteiger partial charge in [-0.25, -0.2) is 4.98 Å². The fourth-order valence-corrected chi connectivity index (χ4v) is 7.13. The Morgan fingerprint density at radius 3 is 1.81 bits per heavy atom. The number of hydrogen-bond donors (Lipinski definition) is 0. The second kappa shape index (κ2) is 10.4. The van der Waals surface area contributed by atoms with E-state index in [-0.39, 0.29) is 0 Å². The van der Waals surface area contributed by atoms with Crippen LogP contribution in [-0.2, 0) is 0 Å². The van der Waals surface area contributed by atoms with E-state index in [0.29, 0.717) is 17.6 Å². The zero-order valence-electron chi connectivity index (χ0n) is 25.7. The van der Waals surface area contributed by atoms with Crippen LogP contribution in [0.25, 0.3) is 88.9 Å². The van der Waals surface area contributed by atoms with Gasteiger partial charge in [0, 0.05) is 38.9 Å². The van der Waals surface area contributed by atoms with Gasteiger partial charge in [0.25, 0.3) is 0 Å². The molecule has 4 heterocycles. The highest BCUT2D eigenvalue weighted by Crippen LogP contribution is 2.41. The van der Waals surface area contributed by atoms with Gasteiger partial charge in [-0.2, -0.15) is 9.97 Å². The summed E-state index contributed by atoms with van der Waals surface area (Å²) in [5, 5.41) is 5.83. The quantitative estimate of drug-likeness (QED) is 0.198. The van der Waals surface area contributed by atoms with Crippen molar-refractivity contribution in [2.24, 2.45) is 0 Å². The van der Waals surface area contributed by atoms with Gasteiger partial charge in [0.15, 0.2) is 11.6 Å². The van der Waals surface area contributed by atoms with Gasteiger partial charge in [-0.15, -0.1) is 0 Å².